The van der Waals surface area contributed by atoms with Crippen LogP contribution in [0.1, 0.15) is 24.8 Å². The average molecular weight is 268 g/mol. The van der Waals surface area contributed by atoms with E-state index in [0.717, 1.165) is 0 Å². The molecule has 1 rings (SSSR count). The average Bonchev–Trinajstić information content (AvgIpc) is 2.09. The van der Waals surface area contributed by atoms with Crippen LogP contribution in [0.3, 0.4) is 0 Å². The lowest BCUT2D eigenvalue weighted by Gasteiger charge is -2.12. The van der Waals surface area contributed by atoms with Crippen LogP contribution in [0.4, 0.5) is 0 Å². The molecule has 1 atom stereocenters. The summed E-state index contributed by atoms with van der Waals surface area (Å²) in [6.07, 6.45) is 0.0116. The van der Waals surface area contributed by atoms with Crippen LogP contribution in [0.2, 0.25) is 15.1 Å². The normalized spacial score (nSPS) is 12.5. The van der Waals surface area contributed by atoms with Gasteiger partial charge in [0.25, 0.3) is 0 Å². The summed E-state index contributed by atoms with van der Waals surface area (Å²) in [4.78, 5) is 10.5. The van der Waals surface area contributed by atoms with Gasteiger partial charge in [-0.3, -0.25) is 4.79 Å². The van der Waals surface area contributed by atoms with E-state index in [9.17, 15) is 4.79 Å². The van der Waals surface area contributed by atoms with Crippen molar-refractivity contribution in [2.75, 3.05) is 0 Å². The predicted molar refractivity (Wildman–Crippen MR) is 62.1 cm³/mol. The maximum atomic E-state index is 10.5. The van der Waals surface area contributed by atoms with E-state index in [0.29, 0.717) is 20.6 Å². The Kier molecular flexibility index (Phi) is 4.26. The molecule has 0 spiro atoms. The van der Waals surface area contributed by atoms with Crippen LogP contribution in [-0.2, 0) is 4.79 Å². The Morgan fingerprint density at radius 3 is 2.33 bits per heavy atom. The number of aliphatic carboxylic acids is 1. The first-order chi connectivity index (χ1) is 6.91. The van der Waals surface area contributed by atoms with Crippen molar-refractivity contribution >= 4 is 40.8 Å². The molecule has 0 aliphatic heterocycles. The summed E-state index contributed by atoms with van der Waals surface area (Å²) >= 11 is 17.5. The van der Waals surface area contributed by atoms with E-state index in [4.69, 9.17) is 39.9 Å². The van der Waals surface area contributed by atoms with Gasteiger partial charge >= 0.3 is 5.97 Å². The van der Waals surface area contributed by atoms with Crippen LogP contribution in [0, 0.1) is 0 Å². The second kappa shape index (κ2) is 5.06. The number of carboxylic acids is 1. The first-order valence-corrected chi connectivity index (χ1v) is 5.41. The van der Waals surface area contributed by atoms with E-state index in [-0.39, 0.29) is 12.3 Å². The second-order valence-corrected chi connectivity index (χ2v) is 4.51. The summed E-state index contributed by atoms with van der Waals surface area (Å²) in [6, 6.07) is 3.14. The minimum absolute atomic E-state index is 0.0116. The molecular formula is C10H9Cl3O2. The van der Waals surface area contributed by atoms with Gasteiger partial charge in [-0.15, -0.1) is 0 Å². The van der Waals surface area contributed by atoms with Crippen molar-refractivity contribution in [3.05, 3.63) is 32.8 Å². The van der Waals surface area contributed by atoms with Gasteiger partial charge < -0.3 is 5.11 Å². The summed E-state index contributed by atoms with van der Waals surface area (Å²) in [5.41, 5.74) is 0.702. The van der Waals surface area contributed by atoms with Crippen molar-refractivity contribution in [1.82, 2.24) is 0 Å². The SMILES string of the molecule is CC(CC(=O)O)c1cc(Cl)c(Cl)cc1Cl. The Bertz CT molecular complexity index is 390. The highest BCUT2D eigenvalue weighted by molar-refractivity contribution is 6.43. The highest BCUT2D eigenvalue weighted by Gasteiger charge is 2.15. The molecule has 0 bridgehead atoms. The Morgan fingerprint density at radius 1 is 1.27 bits per heavy atom. The molecule has 2 nitrogen and oxygen atoms in total. The van der Waals surface area contributed by atoms with Crippen molar-refractivity contribution in [2.45, 2.75) is 19.3 Å². The third kappa shape index (κ3) is 3.26. The molecule has 0 fully saturated rings. The van der Waals surface area contributed by atoms with E-state index in [1.165, 1.54) is 6.07 Å². The summed E-state index contributed by atoms with van der Waals surface area (Å²) in [6.45, 7) is 1.78. The number of halogens is 3. The third-order valence-corrected chi connectivity index (χ3v) is 3.10. The van der Waals surface area contributed by atoms with E-state index in [2.05, 4.69) is 0 Å². The zero-order valence-electron chi connectivity index (χ0n) is 7.93. The molecule has 0 amide bonds. The third-order valence-electron chi connectivity index (χ3n) is 2.05. The molecule has 0 aliphatic rings. The highest BCUT2D eigenvalue weighted by atomic mass is 35.5. The number of carbonyl (C=O) groups is 1. The molecule has 1 aromatic rings. The molecule has 0 aliphatic carbocycles. The van der Waals surface area contributed by atoms with Crippen LogP contribution in [-0.4, -0.2) is 11.1 Å². The Labute approximate surface area is 103 Å². The van der Waals surface area contributed by atoms with E-state index >= 15 is 0 Å². The fraction of sp³-hybridized carbons (Fsp3) is 0.300. The molecule has 82 valence electrons. The van der Waals surface area contributed by atoms with Crippen LogP contribution in [0.25, 0.3) is 0 Å². The van der Waals surface area contributed by atoms with Crippen molar-refractivity contribution in [2.24, 2.45) is 0 Å². The van der Waals surface area contributed by atoms with Crippen molar-refractivity contribution in [3.8, 4) is 0 Å². The smallest absolute Gasteiger partial charge is 0.303 e. The molecule has 0 radical (unpaired) electrons. The summed E-state index contributed by atoms with van der Waals surface area (Å²) < 4.78 is 0. The Hall–Kier alpha value is -0.440. The number of benzene rings is 1. The summed E-state index contributed by atoms with van der Waals surface area (Å²) in [5.74, 6) is -1.06. The molecular weight excluding hydrogens is 258 g/mol. The standard InChI is InChI=1S/C10H9Cl3O2/c1-5(2-10(14)15)6-3-8(12)9(13)4-7(6)11/h3-5H,2H2,1H3,(H,14,15). The molecule has 0 saturated carbocycles. The predicted octanol–water partition coefficient (Wildman–Crippen LogP) is 4.23. The fourth-order valence-electron chi connectivity index (χ4n) is 1.29. The number of hydrogen-bond donors (Lipinski definition) is 1. The summed E-state index contributed by atoms with van der Waals surface area (Å²) in [7, 11) is 0. The van der Waals surface area contributed by atoms with Crippen molar-refractivity contribution < 1.29 is 9.90 Å². The zero-order valence-corrected chi connectivity index (χ0v) is 10.2. The van der Waals surface area contributed by atoms with Crippen molar-refractivity contribution in [3.63, 3.8) is 0 Å². The Balaban J connectivity index is 3.03. The van der Waals surface area contributed by atoms with Gasteiger partial charge in [0.05, 0.1) is 16.5 Å². The molecule has 0 aromatic heterocycles. The lowest BCUT2D eigenvalue weighted by Crippen LogP contribution is -2.03. The first-order valence-electron chi connectivity index (χ1n) is 4.28. The molecule has 1 N–H and O–H groups in total. The van der Waals surface area contributed by atoms with Crippen LogP contribution in [0.15, 0.2) is 12.1 Å². The van der Waals surface area contributed by atoms with Crippen LogP contribution in [0.5, 0.6) is 0 Å². The maximum Gasteiger partial charge on any atom is 0.303 e. The fourth-order valence-corrected chi connectivity index (χ4v) is 2.03. The number of rotatable bonds is 3. The van der Waals surface area contributed by atoms with Gasteiger partial charge in [-0.2, -0.15) is 0 Å². The molecule has 15 heavy (non-hydrogen) atoms. The monoisotopic (exact) mass is 266 g/mol. The van der Waals surface area contributed by atoms with E-state index in [1.807, 2.05) is 0 Å². The van der Waals surface area contributed by atoms with Crippen LogP contribution >= 0.6 is 34.8 Å². The molecule has 1 unspecified atom stereocenters. The van der Waals surface area contributed by atoms with Gasteiger partial charge in [0.15, 0.2) is 0 Å². The number of hydrogen-bond acceptors (Lipinski definition) is 1. The first kappa shape index (κ1) is 12.6. The molecule has 5 heteroatoms. The lowest BCUT2D eigenvalue weighted by atomic mass is 9.98. The van der Waals surface area contributed by atoms with Gasteiger partial charge in [0, 0.05) is 5.02 Å². The zero-order chi connectivity index (χ0) is 11.6. The van der Waals surface area contributed by atoms with Gasteiger partial charge in [-0.05, 0) is 23.6 Å². The van der Waals surface area contributed by atoms with Crippen molar-refractivity contribution in [1.29, 1.82) is 0 Å². The lowest BCUT2D eigenvalue weighted by molar-refractivity contribution is -0.137. The van der Waals surface area contributed by atoms with Gasteiger partial charge in [-0.25, -0.2) is 0 Å². The molecule has 0 saturated heterocycles. The second-order valence-electron chi connectivity index (χ2n) is 3.29. The minimum Gasteiger partial charge on any atom is -0.481 e. The topological polar surface area (TPSA) is 37.3 Å². The largest absolute Gasteiger partial charge is 0.481 e. The number of carboxylic acid groups (broad SMARTS) is 1. The summed E-state index contributed by atoms with van der Waals surface area (Å²) in [5, 5.41) is 9.85. The van der Waals surface area contributed by atoms with Crippen LogP contribution < -0.4 is 0 Å². The van der Waals surface area contributed by atoms with Gasteiger partial charge in [0.1, 0.15) is 0 Å². The van der Waals surface area contributed by atoms with Gasteiger partial charge in [-0.1, -0.05) is 41.7 Å². The highest BCUT2D eigenvalue weighted by Crippen LogP contribution is 2.34. The van der Waals surface area contributed by atoms with Gasteiger partial charge in [0.2, 0.25) is 0 Å². The van der Waals surface area contributed by atoms with E-state index < -0.39 is 5.97 Å². The van der Waals surface area contributed by atoms with E-state index in [1.54, 1.807) is 13.0 Å². The maximum absolute atomic E-state index is 10.5. The molecule has 1 aromatic carbocycles. The Morgan fingerprint density at radius 2 is 1.80 bits per heavy atom. The quantitative estimate of drug-likeness (QED) is 0.832. The molecule has 0 heterocycles. The minimum atomic E-state index is -0.871.